The van der Waals surface area contributed by atoms with Crippen molar-refractivity contribution in [3.05, 3.63) is 0 Å². The molecular formula is C11H23F2NO. The average Bonchev–Trinajstić information content (AvgIpc) is 2.20. The van der Waals surface area contributed by atoms with Crippen molar-refractivity contribution < 1.29 is 13.9 Å². The van der Waals surface area contributed by atoms with Gasteiger partial charge in [-0.3, -0.25) is 0 Å². The van der Waals surface area contributed by atoms with E-state index in [4.69, 9.17) is 5.11 Å². The zero-order valence-corrected chi connectivity index (χ0v) is 10.1. The minimum Gasteiger partial charge on any atom is -0.396 e. The molecule has 0 spiro atoms. The smallest absolute Gasteiger partial charge is 0.242 e. The molecule has 2 atom stereocenters. The van der Waals surface area contributed by atoms with Crippen LogP contribution in [0.5, 0.6) is 0 Å². The highest BCUT2D eigenvalue weighted by Crippen LogP contribution is 2.38. The molecule has 0 aromatic heterocycles. The Bertz CT molecular complexity index is 178. The van der Waals surface area contributed by atoms with E-state index in [0.717, 1.165) is 0 Å². The first kappa shape index (κ1) is 14.8. The Morgan fingerprint density at radius 2 is 2.00 bits per heavy atom. The lowest BCUT2D eigenvalue weighted by Gasteiger charge is -2.43. The third kappa shape index (κ3) is 3.68. The van der Waals surface area contributed by atoms with Crippen molar-refractivity contribution >= 4 is 0 Å². The molecule has 1 fully saturated rings. The first-order valence-corrected chi connectivity index (χ1v) is 5.57. The van der Waals surface area contributed by atoms with Crippen molar-refractivity contribution in [1.82, 2.24) is 4.90 Å². The Hall–Kier alpha value is -0.220. The number of rotatable bonds is 2. The number of hydrogen-bond acceptors (Lipinski definition) is 2. The molecular weight excluding hydrogens is 200 g/mol. The number of hydrogen-bond donors (Lipinski definition) is 1. The van der Waals surface area contributed by atoms with Gasteiger partial charge in [0.1, 0.15) is 0 Å². The minimum atomic E-state index is -2.31. The zero-order valence-electron chi connectivity index (χ0n) is 10.1. The molecule has 1 aliphatic rings. The first-order valence-electron chi connectivity index (χ1n) is 5.57. The molecule has 92 valence electrons. The Labute approximate surface area is 91.3 Å². The van der Waals surface area contributed by atoms with Crippen LogP contribution in [0.15, 0.2) is 0 Å². The Morgan fingerprint density at radius 1 is 1.47 bits per heavy atom. The molecule has 0 radical (unpaired) electrons. The maximum Gasteiger partial charge on any atom is 0.242 e. The predicted molar refractivity (Wildman–Crippen MR) is 58.1 cm³/mol. The van der Waals surface area contributed by atoms with Crippen LogP contribution in [0.3, 0.4) is 0 Å². The molecule has 1 saturated heterocycles. The number of aliphatic hydroxyl groups is 1. The third-order valence-electron chi connectivity index (χ3n) is 3.01. The number of nitrogens with zero attached hydrogens (tertiary/aromatic N) is 1. The highest BCUT2D eigenvalue weighted by atomic mass is 19.3. The van der Waals surface area contributed by atoms with E-state index in [1.165, 1.54) is 0 Å². The van der Waals surface area contributed by atoms with Crippen LogP contribution >= 0.6 is 0 Å². The van der Waals surface area contributed by atoms with Gasteiger partial charge in [0.2, 0.25) is 6.43 Å². The molecule has 1 N–H and O–H groups in total. The number of alkyl halides is 2. The van der Waals surface area contributed by atoms with Gasteiger partial charge in [-0.1, -0.05) is 20.8 Å². The van der Waals surface area contributed by atoms with Gasteiger partial charge in [0, 0.05) is 17.9 Å². The molecule has 0 saturated carbocycles. The third-order valence-corrected chi connectivity index (χ3v) is 3.01. The molecule has 0 unspecified atom stereocenters. The highest BCUT2D eigenvalue weighted by Gasteiger charge is 2.42. The fourth-order valence-electron chi connectivity index (χ4n) is 2.12. The number of aliphatic hydroxyl groups excluding tert-OH is 1. The second kappa shape index (κ2) is 6.38. The molecule has 0 bridgehead atoms. The average molecular weight is 223 g/mol. The molecule has 1 heterocycles. The molecule has 0 aliphatic carbocycles. The second-order valence-corrected chi connectivity index (χ2v) is 4.28. The minimum absolute atomic E-state index is 0.160. The van der Waals surface area contributed by atoms with Crippen molar-refractivity contribution in [2.45, 2.75) is 33.6 Å². The largest absolute Gasteiger partial charge is 0.396 e. The lowest BCUT2D eigenvalue weighted by Crippen LogP contribution is -2.50. The summed E-state index contributed by atoms with van der Waals surface area (Å²) in [6.07, 6.45) is -1.84. The van der Waals surface area contributed by atoms with Crippen LogP contribution in [0, 0.1) is 11.3 Å². The van der Waals surface area contributed by atoms with E-state index in [2.05, 4.69) is 0 Å². The number of halogens is 2. The number of piperidine rings is 1. The molecule has 0 aromatic rings. The van der Waals surface area contributed by atoms with Gasteiger partial charge in [-0.15, -0.1) is 0 Å². The van der Waals surface area contributed by atoms with Crippen LogP contribution in [-0.2, 0) is 0 Å². The zero-order chi connectivity index (χ0) is 12.1. The summed E-state index contributed by atoms with van der Waals surface area (Å²) in [7, 11) is 1.90. The van der Waals surface area contributed by atoms with Gasteiger partial charge < -0.3 is 10.0 Å². The van der Waals surface area contributed by atoms with Gasteiger partial charge >= 0.3 is 0 Å². The van der Waals surface area contributed by atoms with Gasteiger partial charge in [0.15, 0.2) is 0 Å². The molecule has 2 nitrogen and oxygen atoms in total. The topological polar surface area (TPSA) is 23.5 Å². The molecule has 15 heavy (non-hydrogen) atoms. The van der Waals surface area contributed by atoms with Crippen LogP contribution in [0.25, 0.3) is 0 Å². The van der Waals surface area contributed by atoms with Crippen LogP contribution in [0.4, 0.5) is 8.78 Å². The van der Waals surface area contributed by atoms with Gasteiger partial charge in [0.05, 0.1) is 6.61 Å². The molecule has 1 aliphatic heterocycles. The molecule has 0 aromatic carbocycles. The van der Waals surface area contributed by atoms with Crippen LogP contribution < -0.4 is 0 Å². The van der Waals surface area contributed by atoms with Gasteiger partial charge in [0.25, 0.3) is 0 Å². The van der Waals surface area contributed by atoms with Crippen LogP contribution in [0.2, 0.25) is 0 Å². The van der Waals surface area contributed by atoms with Gasteiger partial charge in [-0.25, -0.2) is 8.78 Å². The summed E-state index contributed by atoms with van der Waals surface area (Å²) in [4.78, 5) is 2.00. The Morgan fingerprint density at radius 3 is 2.40 bits per heavy atom. The second-order valence-electron chi connectivity index (χ2n) is 4.28. The van der Waals surface area contributed by atoms with E-state index in [1.807, 2.05) is 25.8 Å². The number of likely N-dealkylation sites (tertiary alicyclic amines) is 1. The van der Waals surface area contributed by atoms with E-state index >= 15 is 0 Å². The summed E-state index contributed by atoms with van der Waals surface area (Å²) >= 11 is 0. The molecule has 0 amide bonds. The van der Waals surface area contributed by atoms with Crippen molar-refractivity contribution in [3.8, 4) is 0 Å². The summed E-state index contributed by atoms with van der Waals surface area (Å²) in [6, 6.07) is 0. The van der Waals surface area contributed by atoms with E-state index in [-0.39, 0.29) is 6.61 Å². The maximum atomic E-state index is 12.6. The van der Waals surface area contributed by atoms with Crippen molar-refractivity contribution in [2.24, 2.45) is 11.3 Å². The van der Waals surface area contributed by atoms with Crippen molar-refractivity contribution in [3.63, 3.8) is 0 Å². The van der Waals surface area contributed by atoms with Crippen molar-refractivity contribution in [2.75, 3.05) is 26.7 Å². The SMILES string of the molecule is CC.CN1CC[C@H](C(F)F)[C@](C)(CO)C1. The lowest BCUT2D eigenvalue weighted by molar-refractivity contribution is -0.0715. The summed E-state index contributed by atoms with van der Waals surface area (Å²) in [5, 5.41) is 9.13. The summed E-state index contributed by atoms with van der Waals surface area (Å²) in [5.74, 6) is -0.659. The fraction of sp³-hybridized carbons (Fsp3) is 1.00. The first-order chi connectivity index (χ1) is 6.99. The maximum absolute atomic E-state index is 12.6. The monoisotopic (exact) mass is 223 g/mol. The summed E-state index contributed by atoms with van der Waals surface area (Å²) in [5.41, 5.74) is -0.638. The quantitative estimate of drug-likeness (QED) is 0.776. The Kier molecular flexibility index (Phi) is 6.29. The van der Waals surface area contributed by atoms with Crippen molar-refractivity contribution in [1.29, 1.82) is 0 Å². The summed E-state index contributed by atoms with van der Waals surface area (Å²) in [6.45, 7) is 6.83. The van der Waals surface area contributed by atoms with Gasteiger partial charge in [-0.05, 0) is 20.0 Å². The fourth-order valence-corrected chi connectivity index (χ4v) is 2.12. The normalized spacial score (nSPS) is 32.4. The van der Waals surface area contributed by atoms with E-state index < -0.39 is 17.8 Å². The highest BCUT2D eigenvalue weighted by molar-refractivity contribution is 4.90. The lowest BCUT2D eigenvalue weighted by atomic mass is 9.73. The standard InChI is InChI=1S/C9H17F2NO.C2H6/c1-9(6-13)5-12(2)4-3-7(9)8(10)11;1-2/h7-8,13H,3-6H2,1-2H3;1-2H3/t7-,9+;/m1./s1. The van der Waals surface area contributed by atoms with E-state index in [1.54, 1.807) is 6.92 Å². The predicted octanol–water partition coefficient (Wildman–Crippen LogP) is 2.23. The van der Waals surface area contributed by atoms with Crippen LogP contribution in [0.1, 0.15) is 27.2 Å². The van der Waals surface area contributed by atoms with E-state index in [0.29, 0.717) is 19.5 Å². The molecule has 4 heteroatoms. The van der Waals surface area contributed by atoms with Gasteiger partial charge in [-0.2, -0.15) is 0 Å². The summed E-state index contributed by atoms with van der Waals surface area (Å²) < 4.78 is 25.2. The molecule has 1 rings (SSSR count). The Balaban J connectivity index is 0.000000921. The van der Waals surface area contributed by atoms with Crippen LogP contribution in [-0.4, -0.2) is 43.2 Å². The van der Waals surface area contributed by atoms with E-state index in [9.17, 15) is 8.78 Å².